The number of quaternary nitrogens is 1. The van der Waals surface area contributed by atoms with E-state index < -0.39 is 25.2 Å². The summed E-state index contributed by atoms with van der Waals surface area (Å²) in [6.07, 6.45) is 13.5. The van der Waals surface area contributed by atoms with Crippen LogP contribution in [0.1, 0.15) is 138 Å². The Morgan fingerprint density at radius 1 is 0.472 bits per heavy atom. The average molecular weight is 516 g/mol. The molecule has 0 radical (unpaired) electrons. The first-order valence-corrected chi connectivity index (χ1v) is 14.9. The van der Waals surface area contributed by atoms with Crippen LogP contribution in [0.25, 0.3) is 0 Å². The lowest BCUT2D eigenvalue weighted by Gasteiger charge is -2.39. The quantitative estimate of drug-likeness (QED) is 0.124. The summed E-state index contributed by atoms with van der Waals surface area (Å²) >= 11 is 0. The monoisotopic (exact) mass is 515 g/mol. The minimum absolute atomic E-state index is 0.195. The molecule has 36 heavy (non-hydrogen) atoms. The Hall–Kier alpha value is -1.57. The van der Waals surface area contributed by atoms with E-state index >= 15 is 0 Å². The van der Waals surface area contributed by atoms with Gasteiger partial charge in [0.25, 0.3) is 17.9 Å². The molecule has 0 atom stereocenters. The predicted molar refractivity (Wildman–Crippen MR) is 150 cm³/mol. The van der Waals surface area contributed by atoms with Gasteiger partial charge in [0.15, 0.2) is 0 Å². The number of carbonyl (C=O) groups is 3. The first-order chi connectivity index (χ1) is 17.3. The van der Waals surface area contributed by atoms with Gasteiger partial charge >= 0.3 is 7.32 Å². The minimum Gasteiger partial charge on any atom is -0.625 e. The van der Waals surface area contributed by atoms with Gasteiger partial charge < -0.3 is 18.4 Å². The summed E-state index contributed by atoms with van der Waals surface area (Å²) in [5.74, 6) is -1.59. The minimum atomic E-state index is -2.46. The summed E-state index contributed by atoms with van der Waals surface area (Å²) in [6, 6.07) is 0. The first-order valence-electron chi connectivity index (χ1n) is 14.9. The van der Waals surface area contributed by atoms with E-state index in [1.807, 2.05) is 20.8 Å². The van der Waals surface area contributed by atoms with Gasteiger partial charge in [0.2, 0.25) is 0 Å². The third-order valence-corrected chi connectivity index (χ3v) is 6.14. The SMILES string of the molecule is CCCC(=O)O[BH-](OC(=O)CCC)OC(=O)CCC.CCCC[N+](CCCC)(CCCC)CCCC. The fraction of sp³-hybridized carbons (Fsp3) is 0.893. The lowest BCUT2D eigenvalue weighted by atomic mass is 10.1. The predicted octanol–water partition coefficient (Wildman–Crippen LogP) is 6.74. The average Bonchev–Trinajstić information content (AvgIpc) is 2.84. The molecule has 0 aromatic carbocycles. The van der Waals surface area contributed by atoms with Crippen molar-refractivity contribution in [3.63, 3.8) is 0 Å². The molecule has 0 saturated heterocycles. The Morgan fingerprint density at radius 3 is 0.917 bits per heavy atom. The van der Waals surface area contributed by atoms with Crippen molar-refractivity contribution in [1.82, 2.24) is 0 Å². The van der Waals surface area contributed by atoms with Crippen molar-refractivity contribution in [2.45, 2.75) is 138 Å². The van der Waals surface area contributed by atoms with E-state index in [1.165, 1.54) is 82.0 Å². The van der Waals surface area contributed by atoms with Gasteiger partial charge in [-0.05, 0) is 44.9 Å². The van der Waals surface area contributed by atoms with Crippen molar-refractivity contribution in [3.05, 3.63) is 0 Å². The van der Waals surface area contributed by atoms with Gasteiger partial charge in [-0.2, -0.15) is 0 Å². The second-order valence-electron chi connectivity index (χ2n) is 9.80. The van der Waals surface area contributed by atoms with Crippen molar-refractivity contribution >= 4 is 25.2 Å². The highest BCUT2D eigenvalue weighted by Gasteiger charge is 2.24. The zero-order chi connectivity index (χ0) is 27.7. The van der Waals surface area contributed by atoms with Gasteiger partial charge in [0, 0.05) is 19.3 Å². The summed E-state index contributed by atoms with van der Waals surface area (Å²) in [5, 5.41) is 0. The zero-order valence-electron chi connectivity index (χ0n) is 24.8. The van der Waals surface area contributed by atoms with E-state index in [9.17, 15) is 14.4 Å². The molecule has 0 N–H and O–H groups in total. The second kappa shape index (κ2) is 25.1. The van der Waals surface area contributed by atoms with Crippen LogP contribution in [0.3, 0.4) is 0 Å². The van der Waals surface area contributed by atoms with Crippen LogP contribution in [0.4, 0.5) is 0 Å². The fourth-order valence-electron chi connectivity index (χ4n) is 3.96. The molecule has 0 aliphatic heterocycles. The summed E-state index contributed by atoms with van der Waals surface area (Å²) in [6.45, 7) is 20.5. The molecule has 0 aromatic heterocycles. The zero-order valence-corrected chi connectivity index (χ0v) is 24.8. The van der Waals surface area contributed by atoms with Gasteiger partial charge in [-0.25, -0.2) is 0 Å². The Kier molecular flexibility index (Phi) is 25.5. The van der Waals surface area contributed by atoms with Gasteiger partial charge in [0.05, 0.1) is 26.2 Å². The summed E-state index contributed by atoms with van der Waals surface area (Å²) < 4.78 is 16.1. The maximum Gasteiger partial charge on any atom is 0.541 e. The van der Waals surface area contributed by atoms with Gasteiger partial charge in [0.1, 0.15) is 0 Å². The highest BCUT2D eigenvalue weighted by atomic mass is 16.8. The van der Waals surface area contributed by atoms with Crippen molar-refractivity contribution in [2.24, 2.45) is 0 Å². The topological polar surface area (TPSA) is 78.9 Å². The van der Waals surface area contributed by atoms with E-state index in [-0.39, 0.29) is 19.3 Å². The number of unbranched alkanes of at least 4 members (excludes halogenated alkanes) is 4. The molecule has 8 heteroatoms. The van der Waals surface area contributed by atoms with Crippen LogP contribution in [-0.4, -0.2) is 55.9 Å². The fourth-order valence-corrected chi connectivity index (χ4v) is 3.96. The molecule has 0 aliphatic rings. The molecule has 0 amide bonds. The molecule has 0 rings (SSSR count). The molecule has 0 fully saturated rings. The molecule has 0 spiro atoms. The maximum atomic E-state index is 11.3. The smallest absolute Gasteiger partial charge is 0.541 e. The van der Waals surface area contributed by atoms with Gasteiger partial charge in [-0.1, -0.05) is 74.1 Å². The lowest BCUT2D eigenvalue weighted by Crippen LogP contribution is -2.50. The van der Waals surface area contributed by atoms with E-state index in [2.05, 4.69) is 27.7 Å². The Balaban J connectivity index is 0. The lowest BCUT2D eigenvalue weighted by molar-refractivity contribution is -0.929. The highest BCUT2D eigenvalue weighted by Crippen LogP contribution is 2.16. The van der Waals surface area contributed by atoms with Crippen LogP contribution >= 0.6 is 0 Å². The molecular formula is C28H58BNO6. The van der Waals surface area contributed by atoms with Gasteiger partial charge in [-0.3, -0.25) is 14.4 Å². The van der Waals surface area contributed by atoms with E-state index in [1.54, 1.807) is 0 Å². The van der Waals surface area contributed by atoms with Crippen molar-refractivity contribution < 1.29 is 32.8 Å². The summed E-state index contributed by atoms with van der Waals surface area (Å²) in [4.78, 5) is 34.0. The summed E-state index contributed by atoms with van der Waals surface area (Å²) in [7, 11) is -2.46. The number of rotatable bonds is 21. The molecule has 0 heterocycles. The standard InChI is InChI=1S/C16H36N.C12H22BO6/c1-5-9-13-17(14-10-6-2,15-11-7-3)16-12-8-4;1-4-7-10(14)17-13(18-11(15)8-5-2)19-12(16)9-6-3/h5-16H2,1-4H3;13H,4-9H2,1-3H3/q+1;-1. The molecule has 0 aromatic rings. The number of hydrogen-bond donors (Lipinski definition) is 0. The van der Waals surface area contributed by atoms with Crippen LogP contribution in [0, 0.1) is 0 Å². The second-order valence-corrected chi connectivity index (χ2v) is 9.80. The number of carbonyl (C=O) groups excluding carboxylic acids is 3. The van der Waals surface area contributed by atoms with Crippen LogP contribution in [0.2, 0.25) is 0 Å². The van der Waals surface area contributed by atoms with E-state index in [0.717, 1.165) is 0 Å². The van der Waals surface area contributed by atoms with Crippen LogP contribution < -0.4 is 0 Å². The maximum absolute atomic E-state index is 11.3. The van der Waals surface area contributed by atoms with Gasteiger partial charge in [-0.15, -0.1) is 0 Å². The molecule has 0 aliphatic carbocycles. The van der Waals surface area contributed by atoms with Crippen molar-refractivity contribution in [1.29, 1.82) is 0 Å². The Labute approximate surface area is 222 Å². The normalized spacial score (nSPS) is 11.0. The molecule has 0 bridgehead atoms. The third-order valence-electron chi connectivity index (χ3n) is 6.14. The first kappa shape index (κ1) is 36.6. The van der Waals surface area contributed by atoms with Crippen LogP contribution in [0.15, 0.2) is 0 Å². The van der Waals surface area contributed by atoms with Crippen LogP contribution in [-0.2, 0) is 28.3 Å². The molecule has 0 saturated carbocycles. The molecule has 0 unspecified atom stereocenters. The largest absolute Gasteiger partial charge is 0.625 e. The highest BCUT2D eigenvalue weighted by molar-refractivity contribution is 6.44. The van der Waals surface area contributed by atoms with Crippen LogP contribution in [0.5, 0.6) is 0 Å². The number of hydrogen-bond acceptors (Lipinski definition) is 6. The number of nitrogens with zero attached hydrogens (tertiary/aromatic N) is 1. The van der Waals surface area contributed by atoms with Crippen molar-refractivity contribution in [2.75, 3.05) is 26.2 Å². The molecule has 7 nitrogen and oxygen atoms in total. The Morgan fingerprint density at radius 2 is 0.722 bits per heavy atom. The Bertz CT molecular complexity index is 473. The molecule has 214 valence electrons. The third kappa shape index (κ3) is 20.6. The van der Waals surface area contributed by atoms with E-state index in [4.69, 9.17) is 14.0 Å². The van der Waals surface area contributed by atoms with E-state index in [0.29, 0.717) is 19.3 Å². The summed E-state index contributed by atoms with van der Waals surface area (Å²) in [5.41, 5.74) is 0. The molecular weight excluding hydrogens is 457 g/mol. The van der Waals surface area contributed by atoms with Crippen molar-refractivity contribution in [3.8, 4) is 0 Å².